The predicted octanol–water partition coefficient (Wildman–Crippen LogP) is 5.22. The number of carbonyl (C=O) groups is 3. The Morgan fingerprint density at radius 3 is 2.51 bits per heavy atom. The normalized spacial score (nSPS) is 18.3. The number of allylic oxidation sites excluding steroid dienone is 2. The maximum absolute atomic E-state index is 13.1. The number of nitrogens with one attached hydrogen (secondary N) is 2. The van der Waals surface area contributed by atoms with Gasteiger partial charge in [0, 0.05) is 17.1 Å². The lowest BCUT2D eigenvalue weighted by Gasteiger charge is -2.28. The molecule has 1 atom stereocenters. The number of carbonyl (C=O) groups excluding carboxylic acids is 3. The van der Waals surface area contributed by atoms with E-state index in [9.17, 15) is 14.4 Å². The van der Waals surface area contributed by atoms with Gasteiger partial charge in [0.15, 0.2) is 5.78 Å². The van der Waals surface area contributed by atoms with Gasteiger partial charge >= 0.3 is 6.03 Å². The molecule has 8 heteroatoms. The van der Waals surface area contributed by atoms with Crippen molar-refractivity contribution in [1.29, 1.82) is 0 Å². The summed E-state index contributed by atoms with van der Waals surface area (Å²) in [6.45, 7) is 0. The maximum atomic E-state index is 13.1. The molecule has 2 aliphatic rings. The van der Waals surface area contributed by atoms with Crippen LogP contribution in [-0.2, 0) is 16.8 Å². The summed E-state index contributed by atoms with van der Waals surface area (Å²) in [7, 11) is 1.59. The van der Waals surface area contributed by atoms with E-state index in [0.717, 1.165) is 22.0 Å². The van der Waals surface area contributed by atoms with Crippen molar-refractivity contribution in [1.82, 2.24) is 15.6 Å². The summed E-state index contributed by atoms with van der Waals surface area (Å²) < 4.78 is 11.4. The Labute approximate surface area is 224 Å². The topological polar surface area (TPSA) is 107 Å². The van der Waals surface area contributed by atoms with Crippen LogP contribution in [0.2, 0.25) is 0 Å². The van der Waals surface area contributed by atoms with Crippen LogP contribution in [-0.4, -0.2) is 29.8 Å². The number of methoxy groups -OCH3 is 1. The molecule has 39 heavy (non-hydrogen) atoms. The van der Waals surface area contributed by atoms with Gasteiger partial charge in [0.25, 0.3) is 5.91 Å². The van der Waals surface area contributed by atoms with E-state index < -0.39 is 17.5 Å². The van der Waals surface area contributed by atoms with Crippen LogP contribution in [0.25, 0.3) is 10.9 Å². The van der Waals surface area contributed by atoms with Crippen LogP contribution < -0.4 is 20.1 Å². The summed E-state index contributed by atoms with van der Waals surface area (Å²) in [4.78, 5) is 42.5. The van der Waals surface area contributed by atoms with Crippen molar-refractivity contribution in [2.24, 2.45) is 0 Å². The van der Waals surface area contributed by atoms with Crippen LogP contribution in [0, 0.1) is 0 Å². The van der Waals surface area contributed by atoms with Gasteiger partial charge in [-0.2, -0.15) is 0 Å². The van der Waals surface area contributed by atoms with E-state index >= 15 is 0 Å². The number of imide groups is 1. The highest BCUT2D eigenvalue weighted by Gasteiger charge is 2.47. The van der Waals surface area contributed by atoms with Crippen LogP contribution >= 0.6 is 0 Å². The number of urea groups is 1. The summed E-state index contributed by atoms with van der Waals surface area (Å²) in [6.07, 6.45) is 4.62. The average Bonchev–Trinajstić information content (AvgIpc) is 3.25. The van der Waals surface area contributed by atoms with Crippen molar-refractivity contribution in [2.45, 2.75) is 24.8 Å². The number of ketones is 1. The number of fused-ring (bicyclic) bond motifs is 2. The average molecular weight is 520 g/mol. The van der Waals surface area contributed by atoms with Gasteiger partial charge < -0.3 is 14.8 Å². The Morgan fingerprint density at radius 1 is 0.949 bits per heavy atom. The molecule has 6 rings (SSSR count). The molecule has 1 aliphatic carbocycles. The van der Waals surface area contributed by atoms with Crippen molar-refractivity contribution in [2.75, 3.05) is 7.11 Å². The quantitative estimate of drug-likeness (QED) is 0.325. The lowest BCUT2D eigenvalue weighted by atomic mass is 9.81. The van der Waals surface area contributed by atoms with Gasteiger partial charge in [0.05, 0.1) is 12.6 Å². The molecule has 0 radical (unpaired) electrons. The summed E-state index contributed by atoms with van der Waals surface area (Å²) >= 11 is 0. The number of hydrogen-bond donors (Lipinski definition) is 2. The van der Waals surface area contributed by atoms with Crippen molar-refractivity contribution in [3.05, 3.63) is 107 Å². The number of pyridine rings is 1. The second kappa shape index (κ2) is 9.72. The van der Waals surface area contributed by atoms with Crippen LogP contribution in [0.3, 0.4) is 0 Å². The molecule has 1 saturated heterocycles. The van der Waals surface area contributed by atoms with Gasteiger partial charge in [-0.05, 0) is 85.0 Å². The van der Waals surface area contributed by atoms with Crippen LogP contribution in [0.5, 0.6) is 17.2 Å². The zero-order chi connectivity index (χ0) is 27.0. The molecule has 4 aromatic rings. The minimum atomic E-state index is -1.27. The maximum Gasteiger partial charge on any atom is 0.322 e. The first-order valence-corrected chi connectivity index (χ1v) is 12.6. The van der Waals surface area contributed by atoms with Crippen molar-refractivity contribution in [3.63, 3.8) is 0 Å². The van der Waals surface area contributed by atoms with Crippen molar-refractivity contribution >= 4 is 28.6 Å². The third-order valence-electron chi connectivity index (χ3n) is 7.28. The Morgan fingerprint density at radius 2 is 1.74 bits per heavy atom. The third-order valence-corrected chi connectivity index (χ3v) is 7.28. The van der Waals surface area contributed by atoms with E-state index in [2.05, 4.69) is 15.6 Å². The number of amides is 3. The number of ether oxygens (including phenoxy) is 2. The van der Waals surface area contributed by atoms with Gasteiger partial charge in [-0.15, -0.1) is 0 Å². The molecule has 1 aromatic heterocycles. The fraction of sp³-hybridized carbons (Fsp3) is 0.161. The molecule has 1 unspecified atom stereocenters. The molecule has 2 N–H and O–H groups in total. The molecule has 1 fully saturated rings. The van der Waals surface area contributed by atoms with Gasteiger partial charge in [-0.3, -0.25) is 19.9 Å². The van der Waals surface area contributed by atoms with Crippen LogP contribution in [0.4, 0.5) is 4.79 Å². The van der Waals surface area contributed by atoms with Crippen LogP contribution in [0.15, 0.2) is 90.6 Å². The Hall–Kier alpha value is -4.98. The number of para-hydroxylation sites is 1. The van der Waals surface area contributed by atoms with Gasteiger partial charge in [-0.1, -0.05) is 29.8 Å². The summed E-state index contributed by atoms with van der Waals surface area (Å²) in [6, 6.07) is 21.5. The van der Waals surface area contributed by atoms with E-state index in [1.165, 1.54) is 0 Å². The van der Waals surface area contributed by atoms with E-state index in [1.807, 2.05) is 30.3 Å². The molecule has 0 bridgehead atoms. The highest BCUT2D eigenvalue weighted by Crippen LogP contribution is 2.36. The van der Waals surface area contributed by atoms with Crippen molar-refractivity contribution in [3.8, 4) is 17.2 Å². The lowest BCUT2D eigenvalue weighted by molar-refractivity contribution is -0.124. The number of nitrogens with zero attached hydrogens (tertiary/aromatic N) is 1. The molecule has 8 nitrogen and oxygen atoms in total. The van der Waals surface area contributed by atoms with E-state index in [4.69, 9.17) is 9.47 Å². The van der Waals surface area contributed by atoms with Crippen molar-refractivity contribution < 1.29 is 23.9 Å². The molecule has 194 valence electrons. The zero-order valence-electron chi connectivity index (χ0n) is 21.2. The number of hydrogen-bond acceptors (Lipinski definition) is 6. The standard InChI is InChI=1S/C31H25N3O5/c1-38-23-10-11-24-20(18-23)16-19(17-27(24)35)12-14-31(29(36)33-30(37)34-31)21-6-8-22(9-7-21)39-28-13-15-32-26-5-3-2-4-25(26)28/h2-11,13,15,17-18H,12,14,16H2,1H3,(H2,33,34,36,37). The lowest BCUT2D eigenvalue weighted by Crippen LogP contribution is -2.43. The Balaban J connectivity index is 1.24. The third kappa shape index (κ3) is 4.50. The SMILES string of the molecule is COc1ccc2c(c1)CC(CCC1(c3ccc(Oc4ccnc5ccccc45)cc3)NC(=O)NC1=O)=CC2=O. The van der Waals surface area contributed by atoms with Gasteiger partial charge in [0.2, 0.25) is 0 Å². The first-order chi connectivity index (χ1) is 18.9. The zero-order valence-corrected chi connectivity index (χ0v) is 21.2. The predicted molar refractivity (Wildman–Crippen MR) is 145 cm³/mol. The molecule has 0 saturated carbocycles. The minimum absolute atomic E-state index is 0.0759. The van der Waals surface area contributed by atoms with E-state index in [-0.39, 0.29) is 12.2 Å². The van der Waals surface area contributed by atoms with Gasteiger partial charge in [-0.25, -0.2) is 4.79 Å². The molecule has 3 aromatic carbocycles. The largest absolute Gasteiger partial charge is 0.497 e. The number of benzene rings is 3. The highest BCUT2D eigenvalue weighted by atomic mass is 16.5. The molecular formula is C31H25N3O5. The van der Waals surface area contributed by atoms with E-state index in [1.54, 1.807) is 61.8 Å². The fourth-order valence-electron chi connectivity index (χ4n) is 5.26. The second-order valence-electron chi connectivity index (χ2n) is 9.63. The summed E-state index contributed by atoms with van der Waals surface area (Å²) in [5.74, 6) is 1.43. The monoisotopic (exact) mass is 519 g/mol. The molecule has 1 aliphatic heterocycles. The molecule has 0 spiro atoms. The molecule has 3 amide bonds. The number of aromatic nitrogens is 1. The van der Waals surface area contributed by atoms with Gasteiger partial charge in [0.1, 0.15) is 22.8 Å². The fourth-order valence-corrected chi connectivity index (χ4v) is 5.26. The highest BCUT2D eigenvalue weighted by molar-refractivity contribution is 6.08. The Bertz CT molecular complexity index is 1660. The molecular weight excluding hydrogens is 494 g/mol. The second-order valence-corrected chi connectivity index (χ2v) is 9.63. The molecule has 2 heterocycles. The van der Waals surface area contributed by atoms with Crippen LogP contribution in [0.1, 0.15) is 34.3 Å². The Kier molecular flexibility index (Phi) is 6.07. The summed E-state index contributed by atoms with van der Waals surface area (Å²) in [5, 5.41) is 6.10. The minimum Gasteiger partial charge on any atom is -0.497 e. The first-order valence-electron chi connectivity index (χ1n) is 12.6. The first kappa shape index (κ1) is 24.4. The smallest absolute Gasteiger partial charge is 0.322 e. The summed E-state index contributed by atoms with van der Waals surface area (Å²) in [5.41, 5.74) is 2.61. The van der Waals surface area contributed by atoms with E-state index in [0.29, 0.717) is 41.2 Å². The number of rotatable bonds is 7.